The molecule has 2 aromatic heterocycles. The fraction of sp³-hybridized carbons (Fsp3) is 0.280. The van der Waals surface area contributed by atoms with E-state index >= 15 is 0 Å². The Bertz CT molecular complexity index is 1290. The van der Waals surface area contributed by atoms with Crippen LogP contribution in [0.3, 0.4) is 0 Å². The molecule has 0 radical (unpaired) electrons. The second-order valence-corrected chi connectivity index (χ2v) is 9.32. The molecule has 1 amide bonds. The molecule has 2 heterocycles. The SMILES string of the molecule is CCOc1ccc2nc(-c3cccc(OCC(=O)NC(C)(C)C)c3)nc(Nc3cnsc3)c2c1. The zero-order valence-corrected chi connectivity index (χ0v) is 20.4. The highest BCUT2D eigenvalue weighted by atomic mass is 32.1. The van der Waals surface area contributed by atoms with Crippen LogP contribution < -0.4 is 20.1 Å². The van der Waals surface area contributed by atoms with Gasteiger partial charge in [-0.2, -0.15) is 4.37 Å². The second-order valence-electron chi connectivity index (χ2n) is 8.66. The first-order chi connectivity index (χ1) is 16.3. The van der Waals surface area contributed by atoms with E-state index in [-0.39, 0.29) is 18.1 Å². The maximum atomic E-state index is 12.1. The Morgan fingerprint density at radius 3 is 2.62 bits per heavy atom. The monoisotopic (exact) mass is 477 g/mol. The van der Waals surface area contributed by atoms with Crippen LogP contribution in [0, 0.1) is 0 Å². The van der Waals surface area contributed by atoms with Gasteiger partial charge in [-0.05, 0) is 69.6 Å². The van der Waals surface area contributed by atoms with Crippen molar-refractivity contribution < 1.29 is 14.3 Å². The minimum Gasteiger partial charge on any atom is -0.494 e. The largest absolute Gasteiger partial charge is 0.494 e. The van der Waals surface area contributed by atoms with E-state index in [2.05, 4.69) is 15.0 Å². The Balaban J connectivity index is 1.65. The van der Waals surface area contributed by atoms with E-state index in [1.54, 1.807) is 12.3 Å². The molecule has 0 saturated heterocycles. The van der Waals surface area contributed by atoms with Crippen molar-refractivity contribution in [3.8, 4) is 22.9 Å². The summed E-state index contributed by atoms with van der Waals surface area (Å²) in [5, 5.41) is 8.98. The molecule has 8 nitrogen and oxygen atoms in total. The number of nitrogens with one attached hydrogen (secondary N) is 2. The Labute approximate surface area is 202 Å². The quantitative estimate of drug-likeness (QED) is 0.360. The van der Waals surface area contributed by atoms with Crippen LogP contribution in [0.25, 0.3) is 22.3 Å². The Morgan fingerprint density at radius 1 is 1.06 bits per heavy atom. The molecule has 176 valence electrons. The average molecular weight is 478 g/mol. The molecule has 0 atom stereocenters. The fourth-order valence-electron chi connectivity index (χ4n) is 3.32. The number of hydrogen-bond donors (Lipinski definition) is 2. The van der Waals surface area contributed by atoms with Gasteiger partial charge in [0.2, 0.25) is 0 Å². The molecule has 0 aliphatic rings. The van der Waals surface area contributed by atoms with Gasteiger partial charge in [-0.1, -0.05) is 12.1 Å². The summed E-state index contributed by atoms with van der Waals surface area (Å²) in [6, 6.07) is 13.1. The molecule has 2 N–H and O–H groups in total. The van der Waals surface area contributed by atoms with Gasteiger partial charge in [0.1, 0.15) is 17.3 Å². The van der Waals surface area contributed by atoms with Crippen LogP contribution in [-0.4, -0.2) is 39.0 Å². The van der Waals surface area contributed by atoms with E-state index < -0.39 is 0 Å². The average Bonchev–Trinajstić information content (AvgIpc) is 3.30. The Kier molecular flexibility index (Phi) is 6.93. The van der Waals surface area contributed by atoms with E-state index in [1.165, 1.54) is 11.5 Å². The van der Waals surface area contributed by atoms with Gasteiger partial charge in [-0.25, -0.2) is 9.97 Å². The molecule has 0 bridgehead atoms. The third-order valence-corrected chi connectivity index (χ3v) is 5.24. The van der Waals surface area contributed by atoms with Crippen LogP contribution in [0.5, 0.6) is 11.5 Å². The summed E-state index contributed by atoms with van der Waals surface area (Å²) in [5.41, 5.74) is 2.08. The first kappa shape index (κ1) is 23.4. The maximum absolute atomic E-state index is 12.1. The van der Waals surface area contributed by atoms with Crippen molar-refractivity contribution in [3.05, 3.63) is 54.0 Å². The first-order valence-electron chi connectivity index (χ1n) is 11.0. The molecular formula is C25H27N5O3S. The number of rotatable bonds is 8. The maximum Gasteiger partial charge on any atom is 0.258 e. The highest BCUT2D eigenvalue weighted by molar-refractivity contribution is 7.04. The Hall–Kier alpha value is -3.72. The number of carbonyl (C=O) groups is 1. The number of amides is 1. The minimum absolute atomic E-state index is 0.0720. The first-order valence-corrected chi connectivity index (χ1v) is 11.8. The summed E-state index contributed by atoms with van der Waals surface area (Å²) in [5.74, 6) is 2.32. The molecule has 4 aromatic rings. The van der Waals surface area contributed by atoms with Crippen molar-refractivity contribution in [2.75, 3.05) is 18.5 Å². The number of anilines is 2. The van der Waals surface area contributed by atoms with Gasteiger partial charge in [0, 0.05) is 21.9 Å². The number of hydrogen-bond acceptors (Lipinski definition) is 8. The highest BCUT2D eigenvalue weighted by Gasteiger charge is 2.15. The summed E-state index contributed by atoms with van der Waals surface area (Å²) in [7, 11) is 0. The molecular weight excluding hydrogens is 450 g/mol. The molecule has 34 heavy (non-hydrogen) atoms. The predicted octanol–water partition coefficient (Wildman–Crippen LogP) is 5.19. The molecule has 0 unspecified atom stereocenters. The van der Waals surface area contributed by atoms with Gasteiger partial charge in [-0.3, -0.25) is 4.79 Å². The van der Waals surface area contributed by atoms with Crippen molar-refractivity contribution in [1.82, 2.24) is 19.7 Å². The van der Waals surface area contributed by atoms with E-state index in [0.717, 1.165) is 27.9 Å². The van der Waals surface area contributed by atoms with Gasteiger partial charge in [0.05, 0.1) is 24.0 Å². The van der Waals surface area contributed by atoms with E-state index in [0.29, 0.717) is 24.0 Å². The van der Waals surface area contributed by atoms with E-state index in [1.807, 2.05) is 69.5 Å². The predicted molar refractivity (Wildman–Crippen MR) is 135 cm³/mol. The van der Waals surface area contributed by atoms with E-state index in [9.17, 15) is 4.79 Å². The number of nitrogens with zero attached hydrogens (tertiary/aromatic N) is 3. The molecule has 0 aliphatic carbocycles. The molecule has 0 fully saturated rings. The third-order valence-electron chi connectivity index (χ3n) is 4.65. The molecule has 2 aromatic carbocycles. The Morgan fingerprint density at radius 2 is 1.88 bits per heavy atom. The smallest absolute Gasteiger partial charge is 0.258 e. The molecule has 9 heteroatoms. The van der Waals surface area contributed by atoms with Crippen molar-refractivity contribution in [2.24, 2.45) is 0 Å². The summed E-state index contributed by atoms with van der Waals surface area (Å²) in [4.78, 5) is 21.7. The van der Waals surface area contributed by atoms with Crippen molar-refractivity contribution >= 4 is 39.8 Å². The normalized spacial score (nSPS) is 11.3. The summed E-state index contributed by atoms with van der Waals surface area (Å²) >= 11 is 1.36. The number of aromatic nitrogens is 3. The fourth-order valence-corrected chi connectivity index (χ4v) is 3.79. The number of benzene rings is 2. The second kappa shape index (κ2) is 10.0. The number of carbonyl (C=O) groups excluding carboxylic acids is 1. The van der Waals surface area contributed by atoms with Crippen molar-refractivity contribution in [1.29, 1.82) is 0 Å². The standard InChI is InChI=1S/C25H27N5O3S/c1-5-32-19-9-10-21-20(12-19)24(27-17-13-26-34-15-17)29-23(28-21)16-7-6-8-18(11-16)33-14-22(31)30-25(2,3)4/h6-13,15H,5,14H2,1-4H3,(H,30,31)(H,27,28,29). The lowest BCUT2D eigenvalue weighted by Gasteiger charge is -2.20. The van der Waals surface area contributed by atoms with Gasteiger partial charge < -0.3 is 20.1 Å². The summed E-state index contributed by atoms with van der Waals surface area (Å²) < 4.78 is 15.5. The third kappa shape index (κ3) is 5.99. The zero-order valence-electron chi connectivity index (χ0n) is 19.6. The van der Waals surface area contributed by atoms with Crippen molar-refractivity contribution in [3.63, 3.8) is 0 Å². The van der Waals surface area contributed by atoms with Gasteiger partial charge >= 0.3 is 0 Å². The zero-order chi connectivity index (χ0) is 24.1. The molecule has 0 saturated carbocycles. The summed E-state index contributed by atoms with van der Waals surface area (Å²) in [6.07, 6.45) is 1.75. The number of ether oxygens (including phenoxy) is 2. The lowest BCUT2D eigenvalue weighted by Crippen LogP contribution is -2.43. The van der Waals surface area contributed by atoms with Crippen LogP contribution in [-0.2, 0) is 4.79 Å². The van der Waals surface area contributed by atoms with Gasteiger partial charge in [0.25, 0.3) is 5.91 Å². The highest BCUT2D eigenvalue weighted by Crippen LogP contribution is 2.31. The summed E-state index contributed by atoms with van der Waals surface area (Å²) in [6.45, 7) is 8.23. The van der Waals surface area contributed by atoms with Crippen LogP contribution in [0.2, 0.25) is 0 Å². The van der Waals surface area contributed by atoms with Crippen molar-refractivity contribution in [2.45, 2.75) is 33.2 Å². The minimum atomic E-state index is -0.315. The van der Waals surface area contributed by atoms with Crippen LogP contribution in [0.1, 0.15) is 27.7 Å². The topological polar surface area (TPSA) is 98.3 Å². The molecule has 4 rings (SSSR count). The lowest BCUT2D eigenvalue weighted by molar-refractivity contribution is -0.124. The van der Waals surface area contributed by atoms with Gasteiger partial charge in [0.15, 0.2) is 12.4 Å². The van der Waals surface area contributed by atoms with Gasteiger partial charge in [-0.15, -0.1) is 0 Å². The van der Waals surface area contributed by atoms with Crippen LogP contribution in [0.15, 0.2) is 54.0 Å². The van der Waals surface area contributed by atoms with Crippen LogP contribution >= 0.6 is 11.5 Å². The molecule has 0 aliphatic heterocycles. The molecule has 0 spiro atoms. The van der Waals surface area contributed by atoms with Crippen LogP contribution in [0.4, 0.5) is 11.5 Å². The van der Waals surface area contributed by atoms with E-state index in [4.69, 9.17) is 19.4 Å². The number of fused-ring (bicyclic) bond motifs is 1. The lowest BCUT2D eigenvalue weighted by atomic mass is 10.1.